The van der Waals surface area contributed by atoms with Crippen LogP contribution >= 0.6 is 11.6 Å². The van der Waals surface area contributed by atoms with Gasteiger partial charge in [0.05, 0.1) is 11.9 Å². The minimum Gasteiger partial charge on any atom is -0.350 e. The Balaban J connectivity index is 2.10. The molecule has 3 aromatic carbocycles. The molecule has 41 heavy (non-hydrogen) atoms. The van der Waals surface area contributed by atoms with Gasteiger partial charge in [0.15, 0.2) is 5.78 Å². The third kappa shape index (κ3) is 9.16. The lowest BCUT2D eigenvalue weighted by Gasteiger charge is -2.35. The third-order valence-electron chi connectivity index (χ3n) is 6.29. The van der Waals surface area contributed by atoms with E-state index in [2.05, 4.69) is 5.32 Å². The predicted octanol–water partition coefficient (Wildman–Crippen LogP) is 4.86. The molecule has 3 aromatic rings. The number of nitrogens with one attached hydrogen (secondary N) is 1. The van der Waals surface area contributed by atoms with Crippen molar-refractivity contribution in [1.82, 2.24) is 10.2 Å². The number of carbonyl (C=O) groups is 3. The van der Waals surface area contributed by atoms with Crippen LogP contribution in [0.15, 0.2) is 78.9 Å². The molecule has 0 heterocycles. The molecule has 1 N–H and O–H groups in total. The van der Waals surface area contributed by atoms with Gasteiger partial charge in [-0.15, -0.1) is 0 Å². The molecule has 0 fully saturated rings. The number of carbonyl (C=O) groups excluding carboxylic acids is 3. The fourth-order valence-electron chi connectivity index (χ4n) is 4.31. The van der Waals surface area contributed by atoms with Crippen LogP contribution in [0.5, 0.6) is 0 Å². The van der Waals surface area contributed by atoms with Gasteiger partial charge in [-0.1, -0.05) is 72.3 Å². The van der Waals surface area contributed by atoms with Crippen molar-refractivity contribution >= 4 is 44.9 Å². The molecule has 0 aliphatic rings. The molecule has 8 nitrogen and oxygen atoms in total. The lowest BCUT2D eigenvalue weighted by Crippen LogP contribution is -2.56. The number of amides is 2. The Bertz CT molecular complexity index is 1500. The van der Waals surface area contributed by atoms with Crippen molar-refractivity contribution in [3.05, 3.63) is 101 Å². The molecule has 0 saturated heterocycles. The molecule has 0 radical (unpaired) electrons. The third-order valence-corrected chi connectivity index (χ3v) is 7.80. The fraction of sp³-hybridized carbons (Fsp3) is 0.323. The van der Waals surface area contributed by atoms with Gasteiger partial charge in [0.2, 0.25) is 21.8 Å². The number of benzene rings is 3. The van der Waals surface area contributed by atoms with E-state index in [-0.39, 0.29) is 30.3 Å². The summed E-state index contributed by atoms with van der Waals surface area (Å²) in [6.45, 7) is 6.30. The average Bonchev–Trinajstić information content (AvgIpc) is 2.89. The van der Waals surface area contributed by atoms with Crippen LogP contribution in [-0.4, -0.2) is 55.3 Å². The van der Waals surface area contributed by atoms with Gasteiger partial charge in [0.25, 0.3) is 0 Å². The van der Waals surface area contributed by atoms with Crippen molar-refractivity contribution in [2.45, 2.75) is 52.2 Å². The van der Waals surface area contributed by atoms with Crippen LogP contribution in [0.2, 0.25) is 5.02 Å². The number of Topliss-reactive ketones (excluding diaryl/α,β-unsaturated/α-hetero) is 1. The zero-order valence-electron chi connectivity index (χ0n) is 23.9. The fourth-order valence-corrected chi connectivity index (χ4v) is 5.35. The van der Waals surface area contributed by atoms with Crippen molar-refractivity contribution in [3.8, 4) is 0 Å². The Labute approximate surface area is 247 Å². The molecule has 1 unspecified atom stereocenters. The van der Waals surface area contributed by atoms with Gasteiger partial charge in [-0.05, 0) is 57.0 Å². The van der Waals surface area contributed by atoms with E-state index in [1.54, 1.807) is 36.4 Å². The monoisotopic (exact) mass is 597 g/mol. The first kappa shape index (κ1) is 31.8. The van der Waals surface area contributed by atoms with Crippen molar-refractivity contribution in [1.29, 1.82) is 0 Å². The van der Waals surface area contributed by atoms with Crippen LogP contribution < -0.4 is 9.62 Å². The van der Waals surface area contributed by atoms with Crippen LogP contribution in [0.3, 0.4) is 0 Å². The Morgan fingerprint density at radius 3 is 2.15 bits per heavy atom. The summed E-state index contributed by atoms with van der Waals surface area (Å²) in [5, 5.41) is 3.39. The quantitative estimate of drug-likeness (QED) is 0.318. The maximum absolute atomic E-state index is 14.1. The molecule has 218 valence electrons. The van der Waals surface area contributed by atoms with E-state index >= 15 is 0 Å². The second-order valence-corrected chi connectivity index (χ2v) is 13.2. The Kier molecular flexibility index (Phi) is 10.3. The second kappa shape index (κ2) is 13.3. The zero-order valence-corrected chi connectivity index (χ0v) is 25.5. The summed E-state index contributed by atoms with van der Waals surface area (Å²) in [5.41, 5.74) is 1.33. The van der Waals surface area contributed by atoms with E-state index in [0.717, 1.165) is 16.1 Å². The second-order valence-electron chi connectivity index (χ2n) is 10.9. The van der Waals surface area contributed by atoms with E-state index in [9.17, 15) is 22.8 Å². The maximum Gasteiger partial charge on any atom is 0.244 e. The standard InChI is InChI=1S/C31H36ClN3O5S/c1-22(36)24-15-11-16-26(19-24)35(41(5,39)40)21-29(37)34(20-25-14-9-10-17-27(25)32)28(30(38)33-31(2,3)4)18-23-12-7-6-8-13-23/h6-17,19,28H,18,20-21H2,1-5H3,(H,33,38). The minimum absolute atomic E-state index is 0.0291. The Hall–Kier alpha value is -3.69. The normalized spacial score (nSPS) is 12.3. The van der Waals surface area contributed by atoms with Crippen molar-refractivity contribution < 1.29 is 22.8 Å². The van der Waals surface area contributed by atoms with Gasteiger partial charge in [-0.3, -0.25) is 18.7 Å². The van der Waals surface area contributed by atoms with E-state index < -0.39 is 34.1 Å². The molecule has 1 atom stereocenters. The number of sulfonamides is 1. The van der Waals surface area contributed by atoms with E-state index in [4.69, 9.17) is 11.6 Å². The Morgan fingerprint density at radius 1 is 0.927 bits per heavy atom. The molecule has 0 aliphatic heterocycles. The molecule has 0 saturated carbocycles. The molecular formula is C31H36ClN3O5S. The number of hydrogen-bond donors (Lipinski definition) is 1. The lowest BCUT2D eigenvalue weighted by atomic mass is 10.0. The van der Waals surface area contributed by atoms with Gasteiger partial charge in [-0.2, -0.15) is 0 Å². The smallest absolute Gasteiger partial charge is 0.244 e. The predicted molar refractivity (Wildman–Crippen MR) is 162 cm³/mol. The van der Waals surface area contributed by atoms with Crippen LogP contribution in [0.25, 0.3) is 0 Å². The van der Waals surface area contributed by atoms with Crippen molar-refractivity contribution in [3.63, 3.8) is 0 Å². The van der Waals surface area contributed by atoms with E-state index in [1.165, 1.54) is 24.0 Å². The number of ketones is 1. The van der Waals surface area contributed by atoms with Gasteiger partial charge in [0.1, 0.15) is 12.6 Å². The molecule has 0 spiro atoms. The summed E-state index contributed by atoms with van der Waals surface area (Å²) in [6.07, 6.45) is 1.19. The highest BCUT2D eigenvalue weighted by atomic mass is 35.5. The van der Waals surface area contributed by atoms with Gasteiger partial charge in [-0.25, -0.2) is 8.42 Å². The van der Waals surface area contributed by atoms with Gasteiger partial charge in [0, 0.05) is 29.1 Å². The first-order valence-corrected chi connectivity index (χ1v) is 15.4. The molecule has 2 amide bonds. The summed E-state index contributed by atoms with van der Waals surface area (Å²) >= 11 is 6.47. The highest BCUT2D eigenvalue weighted by Crippen LogP contribution is 2.24. The number of hydrogen-bond acceptors (Lipinski definition) is 5. The molecule has 10 heteroatoms. The van der Waals surface area contributed by atoms with Crippen LogP contribution in [0, 0.1) is 0 Å². The highest BCUT2D eigenvalue weighted by Gasteiger charge is 2.34. The number of rotatable bonds is 11. The topological polar surface area (TPSA) is 104 Å². The van der Waals surface area contributed by atoms with Gasteiger partial charge >= 0.3 is 0 Å². The molecule has 3 rings (SSSR count). The van der Waals surface area contributed by atoms with Crippen LogP contribution in [0.4, 0.5) is 5.69 Å². The lowest BCUT2D eigenvalue weighted by molar-refractivity contribution is -0.140. The Morgan fingerprint density at radius 2 is 1.56 bits per heavy atom. The number of anilines is 1. The van der Waals surface area contributed by atoms with E-state index in [1.807, 2.05) is 51.1 Å². The van der Waals surface area contributed by atoms with Gasteiger partial charge < -0.3 is 10.2 Å². The first-order valence-electron chi connectivity index (χ1n) is 13.1. The molecule has 0 bridgehead atoms. The number of nitrogens with zero attached hydrogens (tertiary/aromatic N) is 2. The summed E-state index contributed by atoms with van der Waals surface area (Å²) in [5.74, 6) is -1.23. The SMILES string of the molecule is CC(=O)c1cccc(N(CC(=O)N(Cc2ccccc2Cl)C(Cc2ccccc2)C(=O)NC(C)(C)C)S(C)(=O)=O)c1. The van der Waals surface area contributed by atoms with Crippen LogP contribution in [-0.2, 0) is 32.6 Å². The van der Waals surface area contributed by atoms with Crippen molar-refractivity contribution in [2.24, 2.45) is 0 Å². The summed E-state index contributed by atoms with van der Waals surface area (Å²) in [6, 6.07) is 21.4. The zero-order chi connectivity index (χ0) is 30.4. The highest BCUT2D eigenvalue weighted by molar-refractivity contribution is 7.92. The van der Waals surface area contributed by atoms with Crippen LogP contribution in [0.1, 0.15) is 49.2 Å². The van der Waals surface area contributed by atoms with Crippen molar-refractivity contribution in [2.75, 3.05) is 17.1 Å². The largest absolute Gasteiger partial charge is 0.350 e. The molecule has 0 aliphatic carbocycles. The molecule has 0 aromatic heterocycles. The summed E-state index contributed by atoms with van der Waals surface area (Å²) in [7, 11) is -3.96. The maximum atomic E-state index is 14.1. The molecular weight excluding hydrogens is 562 g/mol. The van der Waals surface area contributed by atoms with E-state index in [0.29, 0.717) is 16.1 Å². The first-order chi connectivity index (χ1) is 19.2. The number of halogens is 1. The average molecular weight is 598 g/mol. The summed E-state index contributed by atoms with van der Waals surface area (Å²) < 4.78 is 26.8. The minimum atomic E-state index is -3.96. The summed E-state index contributed by atoms with van der Waals surface area (Å²) in [4.78, 5) is 41.3.